The van der Waals surface area contributed by atoms with Crippen molar-refractivity contribution < 1.29 is 4.79 Å². The second kappa shape index (κ2) is 6.72. The van der Waals surface area contributed by atoms with Gasteiger partial charge in [-0.1, -0.05) is 30.3 Å². The second-order valence-corrected chi connectivity index (χ2v) is 5.92. The molecule has 0 saturated heterocycles. The largest absolute Gasteiger partial charge is 0.332 e. The average Bonchev–Trinajstić information content (AvgIpc) is 3.11. The zero-order valence-electron chi connectivity index (χ0n) is 13.6. The van der Waals surface area contributed by atoms with E-state index in [0.29, 0.717) is 19.6 Å². The van der Waals surface area contributed by atoms with E-state index in [1.807, 2.05) is 30.3 Å². The molecule has 0 saturated carbocycles. The lowest BCUT2D eigenvalue weighted by atomic mass is 10.0. The zero-order chi connectivity index (χ0) is 17.1. The molecule has 2 aromatic heterocycles. The maximum atomic E-state index is 12.5. The summed E-state index contributed by atoms with van der Waals surface area (Å²) in [5, 5.41) is 10.5. The Balaban J connectivity index is 1.47. The molecule has 3 aromatic rings. The fourth-order valence-electron chi connectivity index (χ4n) is 3.00. The third-order valence-corrected chi connectivity index (χ3v) is 4.31. The van der Waals surface area contributed by atoms with E-state index in [1.165, 1.54) is 0 Å². The minimum atomic E-state index is -0.100. The zero-order valence-corrected chi connectivity index (χ0v) is 13.6. The molecular formula is C18H18N6O. The van der Waals surface area contributed by atoms with Crippen molar-refractivity contribution in [2.75, 3.05) is 6.54 Å². The molecule has 4 rings (SSSR count). The first-order valence-electron chi connectivity index (χ1n) is 8.20. The van der Waals surface area contributed by atoms with Crippen LogP contribution in [0.4, 0.5) is 4.79 Å². The maximum Gasteiger partial charge on any atom is 0.318 e. The molecule has 1 aromatic carbocycles. The molecule has 3 heterocycles. The second-order valence-electron chi connectivity index (χ2n) is 5.92. The summed E-state index contributed by atoms with van der Waals surface area (Å²) in [5.74, 6) is 0. The molecule has 0 bridgehead atoms. The minimum Gasteiger partial charge on any atom is -0.332 e. The highest BCUT2D eigenvalue weighted by atomic mass is 16.2. The third-order valence-electron chi connectivity index (χ3n) is 4.31. The number of hydrogen-bond acceptors (Lipinski definition) is 4. The Labute approximate surface area is 145 Å². The van der Waals surface area contributed by atoms with Gasteiger partial charge in [0, 0.05) is 42.2 Å². The predicted octanol–water partition coefficient (Wildman–Crippen LogP) is 2.13. The molecule has 126 valence electrons. The van der Waals surface area contributed by atoms with Crippen LogP contribution in [0.3, 0.4) is 0 Å². The van der Waals surface area contributed by atoms with E-state index in [1.54, 1.807) is 23.5 Å². The van der Waals surface area contributed by atoms with Gasteiger partial charge in [-0.25, -0.2) is 4.79 Å². The average molecular weight is 334 g/mol. The van der Waals surface area contributed by atoms with Crippen LogP contribution in [0, 0.1) is 0 Å². The lowest BCUT2D eigenvalue weighted by molar-refractivity contribution is 0.191. The summed E-state index contributed by atoms with van der Waals surface area (Å²) in [6, 6.07) is 9.92. The van der Waals surface area contributed by atoms with Gasteiger partial charge in [0.15, 0.2) is 0 Å². The Bertz CT molecular complexity index is 862. The van der Waals surface area contributed by atoms with Crippen LogP contribution in [0.1, 0.15) is 17.0 Å². The monoisotopic (exact) mass is 334 g/mol. The first-order chi connectivity index (χ1) is 12.3. The number of H-pyrrole nitrogens is 1. The third kappa shape index (κ3) is 3.21. The van der Waals surface area contributed by atoms with Crippen LogP contribution in [-0.2, 0) is 19.5 Å². The van der Waals surface area contributed by atoms with Crippen LogP contribution in [0.2, 0.25) is 0 Å². The fourth-order valence-corrected chi connectivity index (χ4v) is 3.00. The number of carbonyl (C=O) groups excluding carboxylic acids is 1. The highest BCUT2D eigenvalue weighted by molar-refractivity contribution is 5.75. The molecule has 25 heavy (non-hydrogen) atoms. The summed E-state index contributed by atoms with van der Waals surface area (Å²) in [6.45, 7) is 1.57. The van der Waals surface area contributed by atoms with E-state index >= 15 is 0 Å². The van der Waals surface area contributed by atoms with Gasteiger partial charge in [0.1, 0.15) is 0 Å². The molecule has 1 aliphatic rings. The first-order valence-corrected chi connectivity index (χ1v) is 8.20. The van der Waals surface area contributed by atoms with Crippen LogP contribution in [0.5, 0.6) is 0 Å². The first kappa shape index (κ1) is 15.3. The molecule has 0 unspecified atom stereocenters. The van der Waals surface area contributed by atoms with E-state index in [4.69, 9.17) is 0 Å². The van der Waals surface area contributed by atoms with E-state index in [0.717, 1.165) is 34.6 Å². The molecule has 2 amide bonds. The molecule has 0 spiro atoms. The minimum absolute atomic E-state index is 0.100. The van der Waals surface area contributed by atoms with Crippen molar-refractivity contribution >= 4 is 6.03 Å². The number of nitrogens with zero attached hydrogens (tertiary/aromatic N) is 4. The normalized spacial score (nSPS) is 13.4. The van der Waals surface area contributed by atoms with Crippen molar-refractivity contribution in [1.82, 2.24) is 30.4 Å². The number of aromatic amines is 1. The van der Waals surface area contributed by atoms with Crippen molar-refractivity contribution in [2.24, 2.45) is 0 Å². The van der Waals surface area contributed by atoms with Crippen molar-refractivity contribution in [3.63, 3.8) is 0 Å². The molecule has 7 nitrogen and oxygen atoms in total. The summed E-state index contributed by atoms with van der Waals surface area (Å²) in [6.07, 6.45) is 5.65. The molecule has 2 N–H and O–H groups in total. The van der Waals surface area contributed by atoms with Gasteiger partial charge in [-0.15, -0.1) is 0 Å². The summed E-state index contributed by atoms with van der Waals surface area (Å²) >= 11 is 0. The Morgan fingerprint density at radius 3 is 2.92 bits per heavy atom. The Kier molecular flexibility index (Phi) is 4.12. The number of amides is 2. The van der Waals surface area contributed by atoms with Crippen LogP contribution in [0.25, 0.3) is 11.3 Å². The highest BCUT2D eigenvalue weighted by Crippen LogP contribution is 2.28. The van der Waals surface area contributed by atoms with Gasteiger partial charge in [0.2, 0.25) is 0 Å². The Hall–Kier alpha value is -3.22. The van der Waals surface area contributed by atoms with Crippen molar-refractivity contribution in [2.45, 2.75) is 19.5 Å². The summed E-state index contributed by atoms with van der Waals surface area (Å²) < 4.78 is 0. The van der Waals surface area contributed by atoms with Crippen molar-refractivity contribution in [3.8, 4) is 11.3 Å². The fraction of sp³-hybridized carbons (Fsp3) is 0.222. The molecule has 0 atom stereocenters. The number of urea groups is 1. The summed E-state index contributed by atoms with van der Waals surface area (Å²) in [5.41, 5.74) is 4.91. The molecule has 1 aliphatic heterocycles. The van der Waals surface area contributed by atoms with Gasteiger partial charge in [-0.3, -0.25) is 15.1 Å². The van der Waals surface area contributed by atoms with Crippen molar-refractivity contribution in [3.05, 3.63) is 65.9 Å². The van der Waals surface area contributed by atoms with Gasteiger partial charge in [0.25, 0.3) is 0 Å². The lowest BCUT2D eigenvalue weighted by Crippen LogP contribution is -2.42. The molecular weight excluding hydrogens is 316 g/mol. The van der Waals surface area contributed by atoms with Gasteiger partial charge in [0.05, 0.1) is 30.7 Å². The van der Waals surface area contributed by atoms with E-state index in [9.17, 15) is 4.79 Å². The van der Waals surface area contributed by atoms with Crippen LogP contribution in [0.15, 0.2) is 48.9 Å². The summed E-state index contributed by atoms with van der Waals surface area (Å²) in [4.78, 5) is 22.5. The van der Waals surface area contributed by atoms with Gasteiger partial charge < -0.3 is 10.2 Å². The number of hydrogen-bond donors (Lipinski definition) is 2. The van der Waals surface area contributed by atoms with Gasteiger partial charge >= 0.3 is 6.03 Å². The molecule has 0 fully saturated rings. The predicted molar refractivity (Wildman–Crippen MR) is 92.4 cm³/mol. The Morgan fingerprint density at radius 1 is 1.24 bits per heavy atom. The highest BCUT2D eigenvalue weighted by Gasteiger charge is 2.25. The van der Waals surface area contributed by atoms with E-state index in [-0.39, 0.29) is 6.03 Å². The number of nitrogens with one attached hydrogen (secondary N) is 2. The number of rotatable bonds is 3. The topological polar surface area (TPSA) is 86.8 Å². The summed E-state index contributed by atoms with van der Waals surface area (Å²) in [7, 11) is 0. The van der Waals surface area contributed by atoms with Crippen LogP contribution < -0.4 is 5.32 Å². The van der Waals surface area contributed by atoms with Gasteiger partial charge in [-0.05, 0) is 0 Å². The number of benzene rings is 1. The molecule has 7 heteroatoms. The Morgan fingerprint density at radius 2 is 2.12 bits per heavy atom. The standard InChI is InChI=1S/C18H18N6O/c25-18(21-11-14-10-19-7-8-20-14)24-9-6-16-15(12-24)17(23-22-16)13-4-2-1-3-5-13/h1-5,7-8,10H,6,9,11-12H2,(H,21,25)(H,22,23). The molecule has 0 aliphatic carbocycles. The lowest BCUT2D eigenvalue weighted by Gasteiger charge is -2.27. The van der Waals surface area contributed by atoms with E-state index < -0.39 is 0 Å². The number of fused-ring (bicyclic) bond motifs is 1. The number of aromatic nitrogens is 4. The van der Waals surface area contributed by atoms with Crippen LogP contribution in [-0.4, -0.2) is 37.6 Å². The van der Waals surface area contributed by atoms with Crippen molar-refractivity contribution in [1.29, 1.82) is 0 Å². The smallest absolute Gasteiger partial charge is 0.318 e. The van der Waals surface area contributed by atoms with Crippen LogP contribution >= 0.6 is 0 Å². The van der Waals surface area contributed by atoms with Gasteiger partial charge in [-0.2, -0.15) is 5.10 Å². The number of carbonyl (C=O) groups is 1. The quantitative estimate of drug-likeness (QED) is 0.768. The molecule has 0 radical (unpaired) electrons. The SMILES string of the molecule is O=C(NCc1cnccn1)N1CCc2[nH]nc(-c3ccccc3)c2C1. The maximum absolute atomic E-state index is 12.5. The van der Waals surface area contributed by atoms with E-state index in [2.05, 4.69) is 25.5 Å².